The third-order valence-electron chi connectivity index (χ3n) is 6.13. The zero-order chi connectivity index (χ0) is 22.2. The van der Waals surface area contributed by atoms with E-state index in [1.54, 1.807) is 0 Å². The normalized spacial score (nSPS) is 18.4. The van der Waals surface area contributed by atoms with E-state index in [9.17, 15) is 0 Å². The van der Waals surface area contributed by atoms with Crippen molar-refractivity contribution in [2.75, 3.05) is 44.0 Å². The van der Waals surface area contributed by atoms with Gasteiger partial charge in [-0.2, -0.15) is 4.98 Å². The number of rotatable bonds is 10. The van der Waals surface area contributed by atoms with E-state index in [0.29, 0.717) is 6.04 Å². The molecule has 0 spiro atoms. The Kier molecular flexibility index (Phi) is 7.77. The maximum absolute atomic E-state index is 5.76. The highest BCUT2D eigenvalue weighted by atomic mass is 16.5. The lowest BCUT2D eigenvalue weighted by molar-refractivity contribution is 0.295. The number of para-hydroxylation sites is 2. The van der Waals surface area contributed by atoms with Crippen LogP contribution >= 0.6 is 0 Å². The molecule has 0 atom stereocenters. The number of anilines is 2. The van der Waals surface area contributed by atoms with Crippen molar-refractivity contribution in [3.05, 3.63) is 54.6 Å². The Morgan fingerprint density at radius 2 is 1.69 bits per heavy atom. The molecule has 0 saturated heterocycles. The van der Waals surface area contributed by atoms with Gasteiger partial charge >= 0.3 is 0 Å². The fourth-order valence-corrected chi connectivity index (χ4v) is 4.37. The molecule has 3 aromatic rings. The van der Waals surface area contributed by atoms with Crippen LogP contribution in [0.4, 0.5) is 11.8 Å². The lowest BCUT2D eigenvalue weighted by atomic mass is 9.86. The molecule has 1 fully saturated rings. The van der Waals surface area contributed by atoms with E-state index in [-0.39, 0.29) is 0 Å². The van der Waals surface area contributed by atoms with Crippen LogP contribution in [0.15, 0.2) is 54.6 Å². The van der Waals surface area contributed by atoms with Crippen LogP contribution in [0.25, 0.3) is 10.9 Å². The highest BCUT2D eigenvalue weighted by molar-refractivity contribution is 5.90. The van der Waals surface area contributed by atoms with Crippen LogP contribution in [0.5, 0.6) is 5.75 Å². The Balaban J connectivity index is 1.17. The largest absolute Gasteiger partial charge is 0.494 e. The van der Waals surface area contributed by atoms with Crippen LogP contribution in [0.2, 0.25) is 0 Å². The lowest BCUT2D eigenvalue weighted by Gasteiger charge is -2.29. The second-order valence-corrected chi connectivity index (χ2v) is 8.86. The van der Waals surface area contributed by atoms with Gasteiger partial charge in [0.2, 0.25) is 5.95 Å². The van der Waals surface area contributed by atoms with Gasteiger partial charge in [-0.15, -0.1) is 0 Å². The van der Waals surface area contributed by atoms with Gasteiger partial charge in [-0.25, -0.2) is 4.98 Å². The first-order chi connectivity index (χ1) is 15.7. The molecule has 2 N–H and O–H groups in total. The van der Waals surface area contributed by atoms with Gasteiger partial charge in [0.1, 0.15) is 11.6 Å². The highest BCUT2D eigenvalue weighted by Gasteiger charge is 2.22. The first kappa shape index (κ1) is 22.3. The van der Waals surface area contributed by atoms with Crippen molar-refractivity contribution in [2.45, 2.75) is 38.1 Å². The topological polar surface area (TPSA) is 62.3 Å². The highest BCUT2D eigenvalue weighted by Crippen LogP contribution is 2.28. The second kappa shape index (κ2) is 11.1. The van der Waals surface area contributed by atoms with E-state index in [0.717, 1.165) is 73.3 Å². The second-order valence-electron chi connectivity index (χ2n) is 8.86. The zero-order valence-corrected chi connectivity index (χ0v) is 19.3. The summed E-state index contributed by atoms with van der Waals surface area (Å²) in [6.45, 7) is 2.85. The van der Waals surface area contributed by atoms with Crippen LogP contribution < -0.4 is 20.3 Å². The number of aromatic nitrogens is 2. The molecule has 1 aromatic heterocycles. The number of ether oxygens (including phenoxy) is 1. The molecule has 4 rings (SSSR count). The number of hydrogen-bond acceptors (Lipinski definition) is 6. The summed E-state index contributed by atoms with van der Waals surface area (Å²) in [6.07, 6.45) is 5.83. The minimum atomic E-state index is 0.446. The number of benzene rings is 2. The monoisotopic (exact) mass is 433 g/mol. The summed E-state index contributed by atoms with van der Waals surface area (Å²) in [4.78, 5) is 11.6. The van der Waals surface area contributed by atoms with Gasteiger partial charge < -0.3 is 20.3 Å². The van der Waals surface area contributed by atoms with Crippen LogP contribution in [0.1, 0.15) is 32.1 Å². The van der Waals surface area contributed by atoms with Gasteiger partial charge in [0.15, 0.2) is 0 Å². The standard InChI is InChI=1S/C26H35N5O/c1-31(2)25-23-11-6-7-12-24(23)29-26(30-25)28-21-15-13-20(14-16-21)19-27-17-8-18-32-22-9-4-3-5-10-22/h3-7,9-12,20-21,27H,8,13-19H2,1-2H3,(H,28,29,30)/t20-,21+. The molecule has 6 heteroatoms. The van der Waals surface area contributed by atoms with Crippen molar-refractivity contribution in [1.29, 1.82) is 0 Å². The molecule has 2 aromatic carbocycles. The van der Waals surface area contributed by atoms with Gasteiger partial charge in [0.25, 0.3) is 0 Å². The van der Waals surface area contributed by atoms with Crippen LogP contribution in [-0.2, 0) is 0 Å². The maximum Gasteiger partial charge on any atom is 0.225 e. The van der Waals surface area contributed by atoms with Crippen molar-refractivity contribution in [3.8, 4) is 5.75 Å². The molecule has 32 heavy (non-hydrogen) atoms. The summed E-state index contributed by atoms with van der Waals surface area (Å²) in [6, 6.07) is 18.7. The number of nitrogens with zero attached hydrogens (tertiary/aromatic N) is 3. The molecule has 0 radical (unpaired) electrons. The van der Waals surface area contributed by atoms with Crippen LogP contribution in [0.3, 0.4) is 0 Å². The molecule has 6 nitrogen and oxygen atoms in total. The molecule has 1 aliphatic carbocycles. The molecule has 1 aliphatic rings. The third-order valence-corrected chi connectivity index (χ3v) is 6.13. The predicted molar refractivity (Wildman–Crippen MR) is 133 cm³/mol. The zero-order valence-electron chi connectivity index (χ0n) is 19.3. The van der Waals surface area contributed by atoms with Crippen molar-refractivity contribution in [1.82, 2.24) is 15.3 Å². The average molecular weight is 434 g/mol. The minimum Gasteiger partial charge on any atom is -0.494 e. The van der Waals surface area contributed by atoms with Crippen LogP contribution in [0, 0.1) is 5.92 Å². The van der Waals surface area contributed by atoms with Gasteiger partial charge in [0, 0.05) is 25.5 Å². The molecule has 1 saturated carbocycles. The molecule has 170 valence electrons. The summed E-state index contributed by atoms with van der Waals surface area (Å²) in [5.74, 6) is 3.41. The van der Waals surface area contributed by atoms with Gasteiger partial charge in [0.05, 0.1) is 12.1 Å². The number of nitrogens with one attached hydrogen (secondary N) is 2. The van der Waals surface area contributed by atoms with Crippen molar-refractivity contribution >= 4 is 22.7 Å². The van der Waals surface area contributed by atoms with E-state index < -0.39 is 0 Å². The van der Waals surface area contributed by atoms with E-state index in [2.05, 4.69) is 27.7 Å². The van der Waals surface area contributed by atoms with E-state index in [1.807, 2.05) is 56.6 Å². The molecular weight excluding hydrogens is 398 g/mol. The third kappa shape index (κ3) is 6.10. The fourth-order valence-electron chi connectivity index (χ4n) is 4.37. The SMILES string of the molecule is CN(C)c1nc(N[C@H]2CC[C@@H](CNCCCOc3ccccc3)CC2)nc2ccccc12. The molecule has 1 heterocycles. The summed E-state index contributed by atoms with van der Waals surface area (Å²) >= 11 is 0. The predicted octanol–water partition coefficient (Wildman–Crippen LogP) is 4.73. The van der Waals surface area contributed by atoms with Gasteiger partial charge in [-0.05, 0) is 75.4 Å². The summed E-state index contributed by atoms with van der Waals surface area (Å²) in [5.41, 5.74) is 0.989. The molecule has 0 aliphatic heterocycles. The van der Waals surface area contributed by atoms with Crippen LogP contribution in [-0.4, -0.2) is 49.8 Å². The quantitative estimate of drug-likeness (QED) is 0.451. The Morgan fingerprint density at radius 1 is 0.938 bits per heavy atom. The fraction of sp³-hybridized carbons (Fsp3) is 0.462. The van der Waals surface area contributed by atoms with E-state index in [4.69, 9.17) is 14.7 Å². The number of fused-ring (bicyclic) bond motifs is 1. The van der Waals surface area contributed by atoms with E-state index in [1.165, 1.54) is 12.8 Å². The molecule has 0 bridgehead atoms. The Morgan fingerprint density at radius 3 is 2.47 bits per heavy atom. The van der Waals surface area contributed by atoms with Crippen molar-refractivity contribution in [3.63, 3.8) is 0 Å². The van der Waals surface area contributed by atoms with Crippen molar-refractivity contribution < 1.29 is 4.74 Å². The smallest absolute Gasteiger partial charge is 0.225 e. The first-order valence-electron chi connectivity index (χ1n) is 11.8. The average Bonchev–Trinajstić information content (AvgIpc) is 2.82. The van der Waals surface area contributed by atoms with Crippen molar-refractivity contribution in [2.24, 2.45) is 5.92 Å². The van der Waals surface area contributed by atoms with Gasteiger partial charge in [-0.3, -0.25) is 0 Å². The van der Waals surface area contributed by atoms with E-state index >= 15 is 0 Å². The molecule has 0 amide bonds. The lowest BCUT2D eigenvalue weighted by Crippen LogP contribution is -2.32. The minimum absolute atomic E-state index is 0.446. The van der Waals surface area contributed by atoms with Gasteiger partial charge in [-0.1, -0.05) is 30.3 Å². The molecule has 0 unspecified atom stereocenters. The summed E-state index contributed by atoms with van der Waals surface area (Å²) in [5, 5.41) is 8.31. The first-order valence-corrected chi connectivity index (χ1v) is 11.8. The maximum atomic E-state index is 5.76. The Hall–Kier alpha value is -2.86. The Bertz CT molecular complexity index is 970. The Labute approximate surface area is 191 Å². The summed E-state index contributed by atoms with van der Waals surface area (Å²) < 4.78 is 5.76. The molecular formula is C26H35N5O. The number of hydrogen-bond donors (Lipinski definition) is 2. The summed E-state index contributed by atoms with van der Waals surface area (Å²) in [7, 11) is 4.06.